The summed E-state index contributed by atoms with van der Waals surface area (Å²) >= 11 is 0. The Morgan fingerprint density at radius 3 is 2.32 bits per heavy atom. The third-order valence-electron chi connectivity index (χ3n) is 3.33. The molecule has 0 radical (unpaired) electrons. The van der Waals surface area contributed by atoms with Gasteiger partial charge in [0.1, 0.15) is 0 Å². The van der Waals surface area contributed by atoms with Crippen LogP contribution in [0, 0.1) is 0 Å². The number of carbonyl (C=O) groups is 1. The number of hydrogen-bond donors (Lipinski definition) is 0. The number of esters is 1. The Morgan fingerprint density at radius 1 is 1.00 bits per heavy atom. The van der Waals surface area contributed by atoms with Gasteiger partial charge in [-0.15, -0.1) is 0 Å². The Labute approximate surface area is 139 Å². The van der Waals surface area contributed by atoms with Crippen molar-refractivity contribution in [3.8, 4) is 0 Å². The quantitative estimate of drug-likeness (QED) is 0.189. The summed E-state index contributed by atoms with van der Waals surface area (Å²) in [6.45, 7) is 11.7. The number of carbonyl (C=O) groups excluding carboxylic acids is 1. The highest BCUT2D eigenvalue weighted by molar-refractivity contribution is 6.81. The topological polar surface area (TPSA) is 26.3 Å². The molecule has 128 valence electrons. The molecule has 0 aromatic heterocycles. The molecular weight excluding hydrogens is 288 g/mol. The van der Waals surface area contributed by atoms with E-state index in [4.69, 9.17) is 4.74 Å². The minimum Gasteiger partial charge on any atom is -0.466 e. The lowest BCUT2D eigenvalue weighted by Crippen LogP contribution is -2.16. The van der Waals surface area contributed by atoms with Crippen molar-refractivity contribution in [3.63, 3.8) is 0 Å². The van der Waals surface area contributed by atoms with Gasteiger partial charge in [0.25, 0.3) is 0 Å². The number of unbranched alkanes of at least 4 members (excludes halogenated alkanes) is 4. The van der Waals surface area contributed by atoms with E-state index in [1.54, 1.807) is 0 Å². The molecule has 0 aromatic rings. The first-order valence-electron chi connectivity index (χ1n) is 8.93. The SMILES string of the molecule is CCCCCCC(/C=C/CCCC(=O)OCC)=C\[Si](C)(C)C. The van der Waals surface area contributed by atoms with Gasteiger partial charge in [-0.25, -0.2) is 0 Å². The van der Waals surface area contributed by atoms with Gasteiger partial charge in [0, 0.05) is 6.42 Å². The molecule has 0 aliphatic carbocycles. The number of rotatable bonds is 12. The van der Waals surface area contributed by atoms with E-state index in [9.17, 15) is 4.79 Å². The van der Waals surface area contributed by atoms with E-state index in [2.05, 4.69) is 44.4 Å². The molecule has 0 saturated carbocycles. The summed E-state index contributed by atoms with van der Waals surface area (Å²) in [7, 11) is -1.17. The molecule has 0 amide bonds. The molecule has 22 heavy (non-hydrogen) atoms. The first-order valence-corrected chi connectivity index (χ1v) is 12.5. The Balaban J connectivity index is 4.24. The second kappa shape index (κ2) is 12.7. The first-order chi connectivity index (χ1) is 10.4. The van der Waals surface area contributed by atoms with Crippen LogP contribution in [0.4, 0.5) is 0 Å². The minimum absolute atomic E-state index is 0.0756. The lowest BCUT2D eigenvalue weighted by atomic mass is 10.1. The summed E-state index contributed by atoms with van der Waals surface area (Å²) in [4.78, 5) is 11.3. The molecule has 0 aromatic carbocycles. The summed E-state index contributed by atoms with van der Waals surface area (Å²) < 4.78 is 4.94. The third-order valence-corrected chi connectivity index (χ3v) is 4.56. The van der Waals surface area contributed by atoms with Gasteiger partial charge in [-0.2, -0.15) is 0 Å². The second-order valence-corrected chi connectivity index (χ2v) is 12.0. The van der Waals surface area contributed by atoms with Crippen molar-refractivity contribution in [2.45, 2.75) is 84.9 Å². The standard InChI is InChI=1S/C19H36O2Si/c1-6-8-9-11-14-18(17-22(3,4)5)15-12-10-13-16-19(20)21-7-2/h12,15,17H,6-11,13-14,16H2,1-5H3/b15-12+,18-17+. The molecule has 0 aliphatic rings. The highest BCUT2D eigenvalue weighted by Gasteiger charge is 2.09. The molecule has 0 unspecified atom stereocenters. The Kier molecular flexibility index (Phi) is 12.2. The van der Waals surface area contributed by atoms with Gasteiger partial charge in [0.2, 0.25) is 0 Å². The second-order valence-electron chi connectivity index (χ2n) is 7.00. The lowest BCUT2D eigenvalue weighted by Gasteiger charge is -2.12. The van der Waals surface area contributed by atoms with Crippen molar-refractivity contribution < 1.29 is 9.53 Å². The van der Waals surface area contributed by atoms with Crippen LogP contribution in [0.3, 0.4) is 0 Å². The zero-order valence-electron chi connectivity index (χ0n) is 15.4. The minimum atomic E-state index is -1.17. The maximum atomic E-state index is 11.3. The largest absolute Gasteiger partial charge is 0.466 e. The Bertz CT molecular complexity index is 351. The van der Waals surface area contributed by atoms with Crippen molar-refractivity contribution in [3.05, 3.63) is 23.4 Å². The highest BCUT2D eigenvalue weighted by Crippen LogP contribution is 2.16. The van der Waals surface area contributed by atoms with Crippen LogP contribution in [0.2, 0.25) is 19.6 Å². The lowest BCUT2D eigenvalue weighted by molar-refractivity contribution is -0.143. The maximum absolute atomic E-state index is 11.3. The zero-order chi connectivity index (χ0) is 16.8. The molecule has 0 saturated heterocycles. The van der Waals surface area contributed by atoms with E-state index < -0.39 is 8.07 Å². The summed E-state index contributed by atoms with van der Waals surface area (Å²) in [5, 5.41) is 0. The molecule has 0 N–H and O–H groups in total. The molecule has 0 aliphatic heterocycles. The molecular formula is C19H36O2Si. The van der Waals surface area contributed by atoms with Crippen molar-refractivity contribution in [2.24, 2.45) is 0 Å². The Morgan fingerprint density at radius 2 is 1.73 bits per heavy atom. The molecule has 0 fully saturated rings. The van der Waals surface area contributed by atoms with E-state index in [0.717, 1.165) is 12.8 Å². The summed E-state index contributed by atoms with van der Waals surface area (Å²) in [5.74, 6) is -0.0756. The van der Waals surface area contributed by atoms with Gasteiger partial charge in [0.15, 0.2) is 0 Å². The molecule has 0 spiro atoms. The van der Waals surface area contributed by atoms with Crippen LogP contribution < -0.4 is 0 Å². The van der Waals surface area contributed by atoms with Crippen LogP contribution in [-0.2, 0) is 9.53 Å². The number of allylic oxidation sites excluding steroid dienone is 3. The smallest absolute Gasteiger partial charge is 0.305 e. The van der Waals surface area contributed by atoms with Gasteiger partial charge in [-0.1, -0.05) is 69.3 Å². The first kappa shape index (κ1) is 21.2. The monoisotopic (exact) mass is 324 g/mol. The molecule has 2 nitrogen and oxygen atoms in total. The molecule has 0 heterocycles. The van der Waals surface area contributed by atoms with Crippen molar-refractivity contribution in [2.75, 3.05) is 6.61 Å². The van der Waals surface area contributed by atoms with Gasteiger partial charge >= 0.3 is 5.97 Å². The van der Waals surface area contributed by atoms with Crippen molar-refractivity contribution in [1.82, 2.24) is 0 Å². The fourth-order valence-corrected chi connectivity index (χ4v) is 3.70. The predicted octanol–water partition coefficient (Wildman–Crippen LogP) is 6.05. The maximum Gasteiger partial charge on any atom is 0.305 e. The molecule has 0 bridgehead atoms. The third kappa shape index (κ3) is 14.1. The van der Waals surface area contributed by atoms with Crippen molar-refractivity contribution >= 4 is 14.0 Å². The molecule has 0 rings (SSSR count). The zero-order valence-corrected chi connectivity index (χ0v) is 16.4. The Hall–Kier alpha value is -0.833. The van der Waals surface area contributed by atoms with Crippen molar-refractivity contribution in [1.29, 1.82) is 0 Å². The van der Waals surface area contributed by atoms with Crippen LogP contribution in [0.25, 0.3) is 0 Å². The van der Waals surface area contributed by atoms with Gasteiger partial charge in [-0.3, -0.25) is 4.79 Å². The highest BCUT2D eigenvalue weighted by atomic mass is 28.3. The average Bonchev–Trinajstić information content (AvgIpc) is 2.41. The van der Waals surface area contributed by atoms with E-state index in [-0.39, 0.29) is 5.97 Å². The fourth-order valence-electron chi connectivity index (χ4n) is 2.35. The average molecular weight is 325 g/mol. The molecule has 3 heteroatoms. The summed E-state index contributed by atoms with van der Waals surface area (Å²) in [6, 6.07) is 0. The van der Waals surface area contributed by atoms with Crippen LogP contribution in [0.5, 0.6) is 0 Å². The van der Waals surface area contributed by atoms with Gasteiger partial charge < -0.3 is 4.74 Å². The predicted molar refractivity (Wildman–Crippen MR) is 99.8 cm³/mol. The van der Waals surface area contributed by atoms with E-state index in [1.807, 2.05) is 6.92 Å². The van der Waals surface area contributed by atoms with Crippen LogP contribution >= 0.6 is 0 Å². The van der Waals surface area contributed by atoms with E-state index >= 15 is 0 Å². The fraction of sp³-hybridized carbons (Fsp3) is 0.737. The van der Waals surface area contributed by atoms with E-state index in [1.165, 1.54) is 37.7 Å². The van der Waals surface area contributed by atoms with Crippen LogP contribution in [-0.4, -0.2) is 20.7 Å². The van der Waals surface area contributed by atoms with Crippen LogP contribution in [0.15, 0.2) is 23.4 Å². The molecule has 0 atom stereocenters. The van der Waals surface area contributed by atoms with Crippen LogP contribution in [0.1, 0.15) is 65.2 Å². The van der Waals surface area contributed by atoms with Gasteiger partial charge in [0.05, 0.1) is 14.7 Å². The van der Waals surface area contributed by atoms with Gasteiger partial charge in [-0.05, 0) is 32.6 Å². The number of ether oxygens (including phenoxy) is 1. The van der Waals surface area contributed by atoms with E-state index in [0.29, 0.717) is 13.0 Å². The normalized spacial score (nSPS) is 12.9. The number of hydrogen-bond acceptors (Lipinski definition) is 2. The summed E-state index contributed by atoms with van der Waals surface area (Å²) in [6.07, 6.45) is 13.3. The summed E-state index contributed by atoms with van der Waals surface area (Å²) in [5.41, 5.74) is 4.01.